The Balaban J connectivity index is 2.05. The van der Waals surface area contributed by atoms with Crippen LogP contribution in [0.15, 0.2) is 16.8 Å². The molecule has 0 aliphatic carbocycles. The number of thiazole rings is 1. The number of rotatable bonds is 4. The topological polar surface area (TPSA) is 88.3 Å². The molecule has 0 saturated heterocycles. The Morgan fingerprint density at radius 1 is 1.69 bits per heavy atom. The van der Waals surface area contributed by atoms with Gasteiger partial charge in [0, 0.05) is 6.07 Å². The summed E-state index contributed by atoms with van der Waals surface area (Å²) in [7, 11) is 0. The lowest BCUT2D eigenvalue weighted by Gasteiger charge is -1.96. The van der Waals surface area contributed by atoms with Gasteiger partial charge < -0.3 is 14.9 Å². The molecule has 0 amide bonds. The van der Waals surface area contributed by atoms with Crippen LogP contribution in [0.3, 0.4) is 0 Å². The number of aromatic nitrogens is 2. The Hall–Kier alpha value is -1.89. The molecule has 6 nitrogen and oxygen atoms in total. The largest absolute Gasteiger partial charge is 0.477 e. The van der Waals surface area contributed by atoms with Crippen molar-refractivity contribution in [2.45, 2.75) is 13.5 Å². The highest BCUT2D eigenvalue weighted by Crippen LogP contribution is 2.22. The van der Waals surface area contributed by atoms with E-state index in [1.54, 1.807) is 19.2 Å². The zero-order valence-corrected chi connectivity index (χ0v) is 9.24. The molecule has 0 radical (unpaired) electrons. The van der Waals surface area contributed by atoms with Crippen LogP contribution in [0.5, 0.6) is 0 Å². The second kappa shape index (κ2) is 4.31. The fraction of sp³-hybridized carbons (Fsp3) is 0.222. The number of aryl methyl sites for hydroxylation is 1. The fourth-order valence-electron chi connectivity index (χ4n) is 1.17. The Morgan fingerprint density at radius 3 is 3.06 bits per heavy atom. The van der Waals surface area contributed by atoms with Crippen molar-refractivity contribution < 1.29 is 14.4 Å². The van der Waals surface area contributed by atoms with Crippen molar-refractivity contribution in [1.82, 2.24) is 10.1 Å². The molecule has 0 spiro atoms. The summed E-state index contributed by atoms with van der Waals surface area (Å²) in [5.41, 5.74) is 0.512. The van der Waals surface area contributed by atoms with E-state index >= 15 is 0 Å². The van der Waals surface area contributed by atoms with Crippen LogP contribution in [0.4, 0.5) is 5.13 Å². The third-order valence-electron chi connectivity index (χ3n) is 1.90. The quantitative estimate of drug-likeness (QED) is 0.845. The third-order valence-corrected chi connectivity index (χ3v) is 3.00. The molecule has 0 aliphatic heterocycles. The van der Waals surface area contributed by atoms with Crippen LogP contribution in [0.1, 0.15) is 21.1 Å². The van der Waals surface area contributed by atoms with Gasteiger partial charge in [0.15, 0.2) is 10.9 Å². The molecule has 84 valence electrons. The molecule has 2 aromatic heterocycles. The number of carboxylic acid groups (broad SMARTS) is 1. The maximum Gasteiger partial charge on any atom is 0.347 e. The third kappa shape index (κ3) is 2.19. The highest BCUT2D eigenvalue weighted by atomic mass is 32.1. The number of nitrogens with zero attached hydrogens (tertiary/aromatic N) is 2. The summed E-state index contributed by atoms with van der Waals surface area (Å²) in [6.45, 7) is 2.10. The lowest BCUT2D eigenvalue weighted by Crippen LogP contribution is -1.97. The minimum Gasteiger partial charge on any atom is -0.477 e. The summed E-state index contributed by atoms with van der Waals surface area (Å²) in [6.07, 6.45) is 1.55. The average molecular weight is 239 g/mol. The SMILES string of the molecule is Cc1nc(NCc2ccno2)sc1C(=O)O. The number of nitrogens with one attached hydrogen (secondary N) is 1. The molecule has 7 heteroatoms. The second-order valence-corrected chi connectivity index (χ2v) is 4.07. The number of hydrogen-bond donors (Lipinski definition) is 2. The molecular formula is C9H9N3O3S. The van der Waals surface area contributed by atoms with Gasteiger partial charge in [-0.2, -0.15) is 0 Å². The van der Waals surface area contributed by atoms with Crippen molar-refractivity contribution >= 4 is 22.4 Å². The van der Waals surface area contributed by atoms with Crippen LogP contribution in [-0.4, -0.2) is 21.2 Å². The molecule has 0 aromatic carbocycles. The highest BCUT2D eigenvalue weighted by molar-refractivity contribution is 7.17. The number of carbonyl (C=O) groups is 1. The Bertz CT molecular complexity index is 492. The van der Waals surface area contributed by atoms with Crippen molar-refractivity contribution in [2.24, 2.45) is 0 Å². The van der Waals surface area contributed by atoms with Crippen molar-refractivity contribution in [2.75, 3.05) is 5.32 Å². The molecule has 0 fully saturated rings. The Morgan fingerprint density at radius 2 is 2.50 bits per heavy atom. The Kier molecular flexibility index (Phi) is 2.86. The number of hydrogen-bond acceptors (Lipinski definition) is 6. The highest BCUT2D eigenvalue weighted by Gasteiger charge is 2.13. The summed E-state index contributed by atoms with van der Waals surface area (Å²) < 4.78 is 4.89. The van der Waals surface area contributed by atoms with Crippen LogP contribution >= 0.6 is 11.3 Å². The van der Waals surface area contributed by atoms with E-state index in [4.69, 9.17) is 9.63 Å². The molecule has 0 aliphatic rings. The van der Waals surface area contributed by atoms with E-state index in [0.29, 0.717) is 23.1 Å². The molecule has 2 rings (SSSR count). The minimum absolute atomic E-state index is 0.250. The molecule has 0 saturated carbocycles. The van der Waals surface area contributed by atoms with Gasteiger partial charge in [0.25, 0.3) is 0 Å². The predicted molar refractivity (Wildman–Crippen MR) is 57.6 cm³/mol. The maximum atomic E-state index is 10.8. The molecule has 16 heavy (non-hydrogen) atoms. The molecule has 2 heterocycles. The van der Waals surface area contributed by atoms with Gasteiger partial charge in [0.1, 0.15) is 4.88 Å². The summed E-state index contributed by atoms with van der Waals surface area (Å²) in [4.78, 5) is 15.1. The van der Waals surface area contributed by atoms with Crippen LogP contribution in [-0.2, 0) is 6.54 Å². The van der Waals surface area contributed by atoms with E-state index in [2.05, 4.69) is 15.5 Å². The number of aromatic carboxylic acids is 1. The van der Waals surface area contributed by atoms with Crippen molar-refractivity contribution in [3.05, 3.63) is 28.6 Å². The van der Waals surface area contributed by atoms with Gasteiger partial charge in [0.2, 0.25) is 0 Å². The number of anilines is 1. The molecule has 0 atom stereocenters. The molecule has 2 aromatic rings. The van der Waals surface area contributed by atoms with E-state index in [1.165, 1.54) is 0 Å². The first-order chi connectivity index (χ1) is 7.66. The van der Waals surface area contributed by atoms with E-state index in [-0.39, 0.29) is 4.88 Å². The van der Waals surface area contributed by atoms with Gasteiger partial charge in [-0.15, -0.1) is 0 Å². The standard InChI is InChI=1S/C9H9N3O3S/c1-5-7(8(13)14)16-9(12-5)10-4-6-2-3-11-15-6/h2-3H,4H2,1H3,(H,10,12)(H,13,14). The van der Waals surface area contributed by atoms with Gasteiger partial charge in [-0.3, -0.25) is 0 Å². The molecule has 0 bridgehead atoms. The van der Waals surface area contributed by atoms with Crippen molar-refractivity contribution in [1.29, 1.82) is 0 Å². The fourth-order valence-corrected chi connectivity index (χ4v) is 1.97. The smallest absolute Gasteiger partial charge is 0.347 e. The van der Waals surface area contributed by atoms with Gasteiger partial charge >= 0.3 is 5.97 Å². The van der Waals surface area contributed by atoms with E-state index in [1.807, 2.05) is 0 Å². The van der Waals surface area contributed by atoms with Crippen LogP contribution < -0.4 is 5.32 Å². The normalized spacial score (nSPS) is 10.3. The first kappa shape index (κ1) is 10.6. The molecule has 0 unspecified atom stereocenters. The van der Waals surface area contributed by atoms with E-state index < -0.39 is 5.97 Å². The summed E-state index contributed by atoms with van der Waals surface area (Å²) >= 11 is 1.11. The van der Waals surface area contributed by atoms with Crippen LogP contribution in [0.2, 0.25) is 0 Å². The summed E-state index contributed by atoms with van der Waals surface area (Å²) in [5.74, 6) is -0.285. The minimum atomic E-state index is -0.956. The van der Waals surface area contributed by atoms with Crippen LogP contribution in [0.25, 0.3) is 0 Å². The summed E-state index contributed by atoms with van der Waals surface area (Å²) in [5, 5.41) is 15.9. The van der Waals surface area contributed by atoms with Gasteiger partial charge in [-0.25, -0.2) is 9.78 Å². The van der Waals surface area contributed by atoms with E-state index in [0.717, 1.165) is 11.3 Å². The second-order valence-electron chi connectivity index (χ2n) is 3.07. The molecular weight excluding hydrogens is 230 g/mol. The Labute approximate surface area is 94.9 Å². The van der Waals surface area contributed by atoms with Gasteiger partial charge in [0.05, 0.1) is 18.4 Å². The predicted octanol–water partition coefficient (Wildman–Crippen LogP) is 1.75. The lowest BCUT2D eigenvalue weighted by molar-refractivity contribution is 0.0701. The van der Waals surface area contributed by atoms with Crippen molar-refractivity contribution in [3.63, 3.8) is 0 Å². The zero-order chi connectivity index (χ0) is 11.5. The molecule has 2 N–H and O–H groups in total. The maximum absolute atomic E-state index is 10.8. The first-order valence-corrected chi connectivity index (χ1v) is 5.32. The average Bonchev–Trinajstić information content (AvgIpc) is 2.83. The van der Waals surface area contributed by atoms with Gasteiger partial charge in [-0.1, -0.05) is 16.5 Å². The monoisotopic (exact) mass is 239 g/mol. The van der Waals surface area contributed by atoms with Crippen LogP contribution in [0, 0.1) is 6.92 Å². The lowest BCUT2D eigenvalue weighted by atomic mass is 10.4. The first-order valence-electron chi connectivity index (χ1n) is 4.51. The summed E-state index contributed by atoms with van der Waals surface area (Å²) in [6, 6.07) is 1.73. The zero-order valence-electron chi connectivity index (χ0n) is 8.43. The number of carboxylic acids is 1. The van der Waals surface area contributed by atoms with Gasteiger partial charge in [-0.05, 0) is 6.92 Å². The van der Waals surface area contributed by atoms with Crippen molar-refractivity contribution in [3.8, 4) is 0 Å². The van der Waals surface area contributed by atoms with E-state index in [9.17, 15) is 4.79 Å².